The molecule has 4 heteroatoms. The quantitative estimate of drug-likeness (QED) is 0.784. The SMILES string of the molecule is CC(C)(C)CC1CN(C(=O)OC(C)(C)C)CCN1. The molecule has 0 aromatic heterocycles. The lowest BCUT2D eigenvalue weighted by atomic mass is 9.87. The zero-order valence-corrected chi connectivity index (χ0v) is 12.7. The third-order valence-corrected chi connectivity index (χ3v) is 2.77. The van der Waals surface area contributed by atoms with Crippen molar-refractivity contribution in [2.45, 2.75) is 59.6 Å². The minimum absolute atomic E-state index is 0.192. The van der Waals surface area contributed by atoms with Gasteiger partial charge in [0.1, 0.15) is 5.60 Å². The van der Waals surface area contributed by atoms with Gasteiger partial charge in [0.2, 0.25) is 0 Å². The molecule has 1 unspecified atom stereocenters. The smallest absolute Gasteiger partial charge is 0.410 e. The van der Waals surface area contributed by atoms with Gasteiger partial charge in [-0.15, -0.1) is 0 Å². The number of hydrogen-bond acceptors (Lipinski definition) is 3. The first-order chi connectivity index (χ1) is 8.07. The number of nitrogens with one attached hydrogen (secondary N) is 1. The maximum Gasteiger partial charge on any atom is 0.410 e. The van der Waals surface area contributed by atoms with Gasteiger partial charge in [-0.1, -0.05) is 20.8 Å². The van der Waals surface area contributed by atoms with Crippen molar-refractivity contribution >= 4 is 6.09 Å². The molecule has 1 saturated heterocycles. The van der Waals surface area contributed by atoms with E-state index in [-0.39, 0.29) is 11.5 Å². The lowest BCUT2D eigenvalue weighted by Gasteiger charge is -2.37. The minimum atomic E-state index is -0.415. The van der Waals surface area contributed by atoms with E-state index in [0.29, 0.717) is 6.04 Å². The van der Waals surface area contributed by atoms with Crippen molar-refractivity contribution in [3.05, 3.63) is 0 Å². The van der Waals surface area contributed by atoms with E-state index in [2.05, 4.69) is 26.1 Å². The van der Waals surface area contributed by atoms with Gasteiger partial charge in [-0.05, 0) is 32.6 Å². The van der Waals surface area contributed by atoms with Crippen molar-refractivity contribution in [2.75, 3.05) is 19.6 Å². The Morgan fingerprint density at radius 3 is 2.39 bits per heavy atom. The first kappa shape index (κ1) is 15.3. The Hall–Kier alpha value is -0.770. The van der Waals surface area contributed by atoms with Crippen LogP contribution < -0.4 is 5.32 Å². The van der Waals surface area contributed by atoms with Gasteiger partial charge in [-0.3, -0.25) is 0 Å². The van der Waals surface area contributed by atoms with Gasteiger partial charge in [0.05, 0.1) is 0 Å². The fourth-order valence-electron chi connectivity index (χ4n) is 2.19. The normalized spacial score (nSPS) is 21.9. The molecule has 0 radical (unpaired) electrons. The number of rotatable bonds is 1. The van der Waals surface area contributed by atoms with Gasteiger partial charge in [0.15, 0.2) is 0 Å². The molecule has 0 bridgehead atoms. The predicted molar refractivity (Wildman–Crippen MR) is 73.7 cm³/mol. The highest BCUT2D eigenvalue weighted by atomic mass is 16.6. The summed E-state index contributed by atoms with van der Waals surface area (Å²) < 4.78 is 5.41. The van der Waals surface area contributed by atoms with Crippen LogP contribution in [0.3, 0.4) is 0 Å². The summed E-state index contributed by atoms with van der Waals surface area (Å²) in [5, 5.41) is 3.47. The number of ether oxygens (including phenoxy) is 1. The number of amides is 1. The number of carbonyl (C=O) groups excluding carboxylic acids is 1. The molecule has 1 heterocycles. The standard InChI is InChI=1S/C14H28N2O2/c1-13(2,3)9-11-10-16(8-7-15-11)12(17)18-14(4,5)6/h11,15H,7-10H2,1-6H3. The third-order valence-electron chi connectivity index (χ3n) is 2.77. The summed E-state index contributed by atoms with van der Waals surface area (Å²) in [6.45, 7) is 14.7. The molecule has 1 rings (SSSR count). The molecule has 1 aliphatic heterocycles. The van der Waals surface area contributed by atoms with E-state index >= 15 is 0 Å². The van der Waals surface area contributed by atoms with Crippen LogP contribution in [0.5, 0.6) is 0 Å². The molecule has 0 aromatic carbocycles. The Kier molecular flexibility index (Phi) is 4.65. The van der Waals surface area contributed by atoms with Crippen LogP contribution in [0.2, 0.25) is 0 Å². The number of carbonyl (C=O) groups is 1. The average Bonchev–Trinajstić information content (AvgIpc) is 2.12. The summed E-state index contributed by atoms with van der Waals surface area (Å²) in [6, 6.07) is 0.367. The van der Waals surface area contributed by atoms with Crippen molar-refractivity contribution in [2.24, 2.45) is 5.41 Å². The molecule has 1 aliphatic rings. The Morgan fingerprint density at radius 2 is 1.89 bits per heavy atom. The molecule has 106 valence electrons. The van der Waals surface area contributed by atoms with E-state index in [4.69, 9.17) is 4.74 Å². The monoisotopic (exact) mass is 256 g/mol. The topological polar surface area (TPSA) is 41.6 Å². The second-order valence-electron chi connectivity index (χ2n) is 7.34. The summed E-state index contributed by atoms with van der Waals surface area (Å²) >= 11 is 0. The van der Waals surface area contributed by atoms with E-state index in [0.717, 1.165) is 26.1 Å². The van der Waals surface area contributed by atoms with E-state index in [1.54, 1.807) is 0 Å². The Balaban J connectivity index is 2.51. The minimum Gasteiger partial charge on any atom is -0.444 e. The molecule has 4 nitrogen and oxygen atoms in total. The molecule has 1 atom stereocenters. The van der Waals surface area contributed by atoms with Crippen molar-refractivity contribution in [1.29, 1.82) is 0 Å². The Bertz CT molecular complexity index is 289. The molecule has 0 saturated carbocycles. The average molecular weight is 256 g/mol. The first-order valence-corrected chi connectivity index (χ1v) is 6.78. The van der Waals surface area contributed by atoms with Gasteiger partial charge < -0.3 is 15.0 Å². The molecule has 1 N–H and O–H groups in total. The summed E-state index contributed by atoms with van der Waals surface area (Å²) in [6.07, 6.45) is 0.870. The lowest BCUT2D eigenvalue weighted by Crippen LogP contribution is -2.54. The molecule has 1 amide bonds. The fraction of sp³-hybridized carbons (Fsp3) is 0.929. The first-order valence-electron chi connectivity index (χ1n) is 6.78. The summed E-state index contributed by atoms with van der Waals surface area (Å²) in [4.78, 5) is 13.8. The van der Waals surface area contributed by atoms with E-state index in [1.807, 2.05) is 25.7 Å². The maximum absolute atomic E-state index is 12.0. The van der Waals surface area contributed by atoms with Crippen LogP contribution in [0.4, 0.5) is 4.79 Å². The van der Waals surface area contributed by atoms with Crippen LogP contribution >= 0.6 is 0 Å². The lowest BCUT2D eigenvalue weighted by molar-refractivity contribution is 0.0180. The highest BCUT2D eigenvalue weighted by Gasteiger charge is 2.29. The largest absolute Gasteiger partial charge is 0.444 e. The molecular formula is C14H28N2O2. The zero-order valence-electron chi connectivity index (χ0n) is 12.7. The van der Waals surface area contributed by atoms with Crippen LogP contribution in [-0.4, -0.2) is 42.3 Å². The van der Waals surface area contributed by atoms with Gasteiger partial charge in [0, 0.05) is 25.7 Å². The number of hydrogen-bond donors (Lipinski definition) is 1. The molecule has 1 fully saturated rings. The van der Waals surface area contributed by atoms with E-state index in [9.17, 15) is 4.79 Å². The second-order valence-corrected chi connectivity index (χ2v) is 7.34. The van der Waals surface area contributed by atoms with Crippen molar-refractivity contribution in [3.8, 4) is 0 Å². The van der Waals surface area contributed by atoms with Gasteiger partial charge in [0.25, 0.3) is 0 Å². The highest BCUT2D eigenvalue weighted by Crippen LogP contribution is 2.22. The fourth-order valence-corrected chi connectivity index (χ4v) is 2.19. The van der Waals surface area contributed by atoms with Crippen LogP contribution in [0.15, 0.2) is 0 Å². The summed E-state index contributed by atoms with van der Waals surface area (Å²) in [5.41, 5.74) is -0.143. The van der Waals surface area contributed by atoms with Gasteiger partial charge >= 0.3 is 6.09 Å². The second kappa shape index (κ2) is 5.47. The molecule has 0 aromatic rings. The third kappa shape index (κ3) is 5.71. The van der Waals surface area contributed by atoms with E-state index < -0.39 is 5.60 Å². The van der Waals surface area contributed by atoms with Crippen LogP contribution in [-0.2, 0) is 4.74 Å². The summed E-state index contributed by atoms with van der Waals surface area (Å²) in [7, 11) is 0. The number of piperazine rings is 1. The molecule has 0 spiro atoms. The van der Waals surface area contributed by atoms with Crippen molar-refractivity contribution < 1.29 is 9.53 Å². The number of nitrogens with zero attached hydrogens (tertiary/aromatic N) is 1. The maximum atomic E-state index is 12.0. The van der Waals surface area contributed by atoms with Crippen molar-refractivity contribution in [1.82, 2.24) is 10.2 Å². The van der Waals surface area contributed by atoms with E-state index in [1.165, 1.54) is 0 Å². The highest BCUT2D eigenvalue weighted by molar-refractivity contribution is 5.68. The predicted octanol–water partition coefficient (Wildman–Crippen LogP) is 2.63. The summed E-state index contributed by atoms with van der Waals surface area (Å²) in [5.74, 6) is 0. The molecular weight excluding hydrogens is 228 g/mol. The molecule has 18 heavy (non-hydrogen) atoms. The Labute approximate surface area is 111 Å². The van der Waals surface area contributed by atoms with Crippen LogP contribution in [0.1, 0.15) is 48.0 Å². The zero-order chi connectivity index (χ0) is 14.0. The van der Waals surface area contributed by atoms with Crippen LogP contribution in [0, 0.1) is 5.41 Å². The molecule has 0 aliphatic carbocycles. The van der Waals surface area contributed by atoms with Gasteiger partial charge in [-0.2, -0.15) is 0 Å². The van der Waals surface area contributed by atoms with Crippen molar-refractivity contribution in [3.63, 3.8) is 0 Å². The Morgan fingerprint density at radius 1 is 1.28 bits per heavy atom. The van der Waals surface area contributed by atoms with Crippen LogP contribution in [0.25, 0.3) is 0 Å². The van der Waals surface area contributed by atoms with Gasteiger partial charge in [-0.25, -0.2) is 4.79 Å².